The van der Waals surface area contributed by atoms with Gasteiger partial charge in [-0.25, -0.2) is 9.97 Å². The van der Waals surface area contributed by atoms with E-state index in [9.17, 15) is 4.79 Å². The summed E-state index contributed by atoms with van der Waals surface area (Å²) in [5.41, 5.74) is 2.67. The third kappa shape index (κ3) is 5.06. The van der Waals surface area contributed by atoms with Gasteiger partial charge < -0.3 is 10.6 Å². The molecule has 5 nitrogen and oxygen atoms in total. The third-order valence-corrected chi connectivity index (χ3v) is 3.57. The molecule has 1 heterocycles. The zero-order valence-corrected chi connectivity index (χ0v) is 14.0. The van der Waals surface area contributed by atoms with Gasteiger partial charge in [-0.05, 0) is 30.4 Å². The van der Waals surface area contributed by atoms with Gasteiger partial charge in [0.1, 0.15) is 0 Å². The van der Waals surface area contributed by atoms with E-state index < -0.39 is 0 Å². The highest BCUT2D eigenvalue weighted by molar-refractivity contribution is 5.93. The fraction of sp³-hybridized carbons (Fsp3) is 0.389. The third-order valence-electron chi connectivity index (χ3n) is 3.57. The predicted octanol–water partition coefficient (Wildman–Crippen LogP) is 3.56. The van der Waals surface area contributed by atoms with Gasteiger partial charge >= 0.3 is 0 Å². The number of nitrogens with one attached hydrogen (secondary N) is 2. The van der Waals surface area contributed by atoms with E-state index in [0.717, 1.165) is 18.5 Å². The standard InChI is InChI=1S/C18H24N4O/c1-4-14-7-5-6-8-16(14)22-18-20-11-15(12-21-18)17(23)19-10-9-13(2)3/h5-8,11-13H,4,9-10H2,1-3H3,(H,19,23)(H,20,21,22). The Bertz CT molecular complexity index is 638. The van der Waals surface area contributed by atoms with Gasteiger partial charge in [0, 0.05) is 24.6 Å². The van der Waals surface area contributed by atoms with Crippen LogP contribution in [0.3, 0.4) is 0 Å². The number of amides is 1. The van der Waals surface area contributed by atoms with E-state index in [0.29, 0.717) is 24.0 Å². The van der Waals surface area contributed by atoms with Crippen LogP contribution in [0.15, 0.2) is 36.7 Å². The van der Waals surface area contributed by atoms with Gasteiger partial charge in [0.05, 0.1) is 5.56 Å². The van der Waals surface area contributed by atoms with Crippen molar-refractivity contribution in [3.05, 3.63) is 47.8 Å². The van der Waals surface area contributed by atoms with Crippen molar-refractivity contribution in [3.63, 3.8) is 0 Å². The molecule has 0 bridgehead atoms. The molecule has 5 heteroatoms. The summed E-state index contributed by atoms with van der Waals surface area (Å²) in [7, 11) is 0. The van der Waals surface area contributed by atoms with Gasteiger partial charge in [-0.1, -0.05) is 39.0 Å². The van der Waals surface area contributed by atoms with Crippen molar-refractivity contribution in [2.75, 3.05) is 11.9 Å². The van der Waals surface area contributed by atoms with Gasteiger partial charge in [-0.15, -0.1) is 0 Å². The summed E-state index contributed by atoms with van der Waals surface area (Å²) in [6, 6.07) is 8.04. The van der Waals surface area contributed by atoms with Crippen LogP contribution in [-0.2, 0) is 6.42 Å². The summed E-state index contributed by atoms with van der Waals surface area (Å²) in [6.45, 7) is 7.03. The lowest BCUT2D eigenvalue weighted by molar-refractivity contribution is 0.0951. The molecular formula is C18H24N4O. The minimum absolute atomic E-state index is 0.133. The Kier molecular flexibility index (Phi) is 6.09. The number of nitrogens with zero attached hydrogens (tertiary/aromatic N) is 2. The topological polar surface area (TPSA) is 66.9 Å². The second-order valence-corrected chi connectivity index (χ2v) is 5.87. The zero-order valence-electron chi connectivity index (χ0n) is 14.0. The molecule has 0 aliphatic rings. The molecule has 0 spiro atoms. The van der Waals surface area contributed by atoms with E-state index in [1.54, 1.807) is 12.4 Å². The number of aryl methyl sites for hydroxylation is 1. The molecule has 2 rings (SSSR count). The molecule has 23 heavy (non-hydrogen) atoms. The fourth-order valence-electron chi connectivity index (χ4n) is 2.16. The molecule has 2 aromatic rings. The van der Waals surface area contributed by atoms with Crippen LogP contribution in [0, 0.1) is 5.92 Å². The number of carbonyl (C=O) groups excluding carboxylic acids is 1. The number of aromatic nitrogens is 2. The quantitative estimate of drug-likeness (QED) is 0.820. The van der Waals surface area contributed by atoms with Crippen LogP contribution in [-0.4, -0.2) is 22.4 Å². The molecule has 1 aromatic heterocycles. The molecule has 1 aromatic carbocycles. The number of benzene rings is 1. The lowest BCUT2D eigenvalue weighted by Gasteiger charge is -2.10. The lowest BCUT2D eigenvalue weighted by Crippen LogP contribution is -2.25. The van der Waals surface area contributed by atoms with Gasteiger partial charge in [-0.2, -0.15) is 0 Å². The van der Waals surface area contributed by atoms with Crippen LogP contribution in [0.25, 0.3) is 0 Å². The van der Waals surface area contributed by atoms with E-state index in [4.69, 9.17) is 0 Å². The summed E-state index contributed by atoms with van der Waals surface area (Å²) in [5, 5.41) is 6.07. The lowest BCUT2D eigenvalue weighted by atomic mass is 10.1. The summed E-state index contributed by atoms with van der Waals surface area (Å²) in [4.78, 5) is 20.4. The number of hydrogen-bond donors (Lipinski definition) is 2. The van der Waals surface area contributed by atoms with E-state index >= 15 is 0 Å². The normalized spacial score (nSPS) is 10.6. The van der Waals surface area contributed by atoms with Crippen LogP contribution in [0.1, 0.15) is 43.1 Å². The first-order chi connectivity index (χ1) is 11.1. The first-order valence-corrected chi connectivity index (χ1v) is 8.05. The number of para-hydroxylation sites is 1. The van der Waals surface area contributed by atoms with Crippen molar-refractivity contribution >= 4 is 17.5 Å². The average Bonchev–Trinajstić information content (AvgIpc) is 2.55. The maximum atomic E-state index is 12.0. The number of carbonyl (C=O) groups is 1. The van der Waals surface area contributed by atoms with E-state index in [-0.39, 0.29) is 5.91 Å². The van der Waals surface area contributed by atoms with E-state index in [1.807, 2.05) is 18.2 Å². The van der Waals surface area contributed by atoms with Crippen LogP contribution in [0.4, 0.5) is 11.6 Å². The minimum Gasteiger partial charge on any atom is -0.352 e. The first-order valence-electron chi connectivity index (χ1n) is 8.05. The van der Waals surface area contributed by atoms with Crippen LogP contribution in [0.5, 0.6) is 0 Å². The van der Waals surface area contributed by atoms with E-state index in [1.165, 1.54) is 5.56 Å². The summed E-state index contributed by atoms with van der Waals surface area (Å²) in [5.74, 6) is 0.924. The van der Waals surface area contributed by atoms with Crippen molar-refractivity contribution in [1.29, 1.82) is 0 Å². The van der Waals surface area contributed by atoms with Crippen molar-refractivity contribution in [1.82, 2.24) is 15.3 Å². The molecule has 0 saturated carbocycles. The highest BCUT2D eigenvalue weighted by Crippen LogP contribution is 2.18. The molecule has 0 atom stereocenters. The van der Waals surface area contributed by atoms with E-state index in [2.05, 4.69) is 47.4 Å². The van der Waals surface area contributed by atoms with Crippen LogP contribution < -0.4 is 10.6 Å². The second-order valence-electron chi connectivity index (χ2n) is 5.87. The second kappa shape index (κ2) is 8.27. The van der Waals surface area contributed by atoms with Gasteiger partial charge in [-0.3, -0.25) is 4.79 Å². The number of anilines is 2. The van der Waals surface area contributed by atoms with Gasteiger partial charge in [0.2, 0.25) is 5.95 Å². The molecule has 0 fully saturated rings. The molecule has 0 aliphatic carbocycles. The van der Waals surface area contributed by atoms with Crippen LogP contribution in [0.2, 0.25) is 0 Å². The Balaban J connectivity index is 1.98. The fourth-order valence-corrected chi connectivity index (χ4v) is 2.16. The molecule has 0 saturated heterocycles. The first kappa shape index (κ1) is 16.9. The Labute approximate surface area is 137 Å². The minimum atomic E-state index is -0.133. The predicted molar refractivity (Wildman–Crippen MR) is 92.9 cm³/mol. The molecular weight excluding hydrogens is 288 g/mol. The maximum Gasteiger partial charge on any atom is 0.254 e. The molecule has 2 N–H and O–H groups in total. The molecule has 0 aliphatic heterocycles. The van der Waals surface area contributed by atoms with Crippen molar-refractivity contribution in [3.8, 4) is 0 Å². The molecule has 122 valence electrons. The zero-order chi connectivity index (χ0) is 16.7. The highest BCUT2D eigenvalue weighted by Gasteiger charge is 2.08. The summed E-state index contributed by atoms with van der Waals surface area (Å²) >= 11 is 0. The average molecular weight is 312 g/mol. The van der Waals surface area contributed by atoms with Crippen molar-refractivity contribution < 1.29 is 4.79 Å². The molecule has 0 unspecified atom stereocenters. The highest BCUT2D eigenvalue weighted by atomic mass is 16.1. The number of rotatable bonds is 7. The van der Waals surface area contributed by atoms with Crippen molar-refractivity contribution in [2.45, 2.75) is 33.6 Å². The monoisotopic (exact) mass is 312 g/mol. The molecule has 0 radical (unpaired) electrons. The summed E-state index contributed by atoms with van der Waals surface area (Å²) in [6.07, 6.45) is 4.99. The maximum absolute atomic E-state index is 12.0. The Morgan fingerprint density at radius 3 is 2.52 bits per heavy atom. The smallest absolute Gasteiger partial charge is 0.254 e. The SMILES string of the molecule is CCc1ccccc1Nc1ncc(C(=O)NCCC(C)C)cn1. The Hall–Kier alpha value is -2.43. The Morgan fingerprint density at radius 2 is 1.87 bits per heavy atom. The van der Waals surface area contributed by atoms with Gasteiger partial charge in [0.25, 0.3) is 5.91 Å². The Morgan fingerprint density at radius 1 is 1.17 bits per heavy atom. The van der Waals surface area contributed by atoms with Crippen LogP contribution >= 0.6 is 0 Å². The summed E-state index contributed by atoms with van der Waals surface area (Å²) < 4.78 is 0. The largest absolute Gasteiger partial charge is 0.352 e. The van der Waals surface area contributed by atoms with Crippen molar-refractivity contribution in [2.24, 2.45) is 5.92 Å². The molecule has 1 amide bonds. The van der Waals surface area contributed by atoms with Gasteiger partial charge in [0.15, 0.2) is 0 Å². The number of hydrogen-bond acceptors (Lipinski definition) is 4.